The van der Waals surface area contributed by atoms with Gasteiger partial charge in [-0.15, -0.1) is 0 Å². The first-order valence-corrected chi connectivity index (χ1v) is 3.60. The van der Waals surface area contributed by atoms with Crippen molar-refractivity contribution in [2.45, 2.75) is 0 Å². The zero-order chi connectivity index (χ0) is 7.68. The van der Waals surface area contributed by atoms with Gasteiger partial charge in [0.05, 0.1) is 0 Å². The first-order valence-electron chi connectivity index (χ1n) is 3.60. The quantitative estimate of drug-likeness (QED) is 0.489. The van der Waals surface area contributed by atoms with Gasteiger partial charge >= 0.3 is 51.4 Å². The molecule has 0 aromatic heterocycles. The molecule has 2 N–H and O–H groups in total. The second-order valence-electron chi connectivity index (χ2n) is 2.61. The average Bonchev–Trinajstić information content (AvgIpc) is 2.04. The molecule has 0 aliphatic heterocycles. The van der Waals surface area contributed by atoms with Gasteiger partial charge in [0.15, 0.2) is 0 Å². The third-order valence-electron chi connectivity index (χ3n) is 1.77. The van der Waals surface area contributed by atoms with E-state index in [9.17, 15) is 0 Å². The van der Waals surface area contributed by atoms with Gasteiger partial charge in [-0.3, -0.25) is 0 Å². The van der Waals surface area contributed by atoms with Gasteiger partial charge in [-0.1, -0.05) is 30.3 Å². The van der Waals surface area contributed by atoms with E-state index in [1.807, 2.05) is 30.3 Å². The summed E-state index contributed by atoms with van der Waals surface area (Å²) in [5, 5.41) is 2.44. The van der Waals surface area contributed by atoms with Crippen molar-refractivity contribution in [1.29, 1.82) is 0 Å². The average molecular weight is 183 g/mol. The van der Waals surface area contributed by atoms with Crippen LogP contribution in [0.25, 0.3) is 10.8 Å². The van der Waals surface area contributed by atoms with Crippen LogP contribution in [0.5, 0.6) is 0 Å². The van der Waals surface area contributed by atoms with Gasteiger partial charge in [0.25, 0.3) is 0 Å². The predicted molar refractivity (Wildman–Crippen MR) is 55.5 cm³/mol. The van der Waals surface area contributed by atoms with Crippen molar-refractivity contribution in [1.82, 2.24) is 0 Å². The van der Waals surface area contributed by atoms with Gasteiger partial charge in [-0.2, -0.15) is 0 Å². The van der Waals surface area contributed by atoms with E-state index in [2.05, 4.69) is 12.1 Å². The standard InChI is InChI=1S/C10H9N.K.H/c11-10-6-5-8-3-1-2-4-9(8)7-10;;/h1-7H,11H2;;. The molecule has 0 bridgehead atoms. The number of hydrogen-bond donors (Lipinski definition) is 1. The first-order chi connectivity index (χ1) is 5.36. The van der Waals surface area contributed by atoms with Gasteiger partial charge in [0.1, 0.15) is 0 Å². The molecule has 12 heavy (non-hydrogen) atoms. The van der Waals surface area contributed by atoms with Crippen molar-refractivity contribution in [3.8, 4) is 0 Å². The van der Waals surface area contributed by atoms with Gasteiger partial charge in [-0.05, 0) is 22.9 Å². The number of benzene rings is 2. The number of anilines is 1. The topological polar surface area (TPSA) is 26.0 Å². The van der Waals surface area contributed by atoms with E-state index in [1.54, 1.807) is 0 Å². The summed E-state index contributed by atoms with van der Waals surface area (Å²) in [6.07, 6.45) is 0. The molecule has 2 aromatic rings. The van der Waals surface area contributed by atoms with Crippen molar-refractivity contribution in [2.75, 3.05) is 5.73 Å². The van der Waals surface area contributed by atoms with Crippen LogP contribution in [0.3, 0.4) is 0 Å². The van der Waals surface area contributed by atoms with Crippen LogP contribution >= 0.6 is 0 Å². The molecular weight excluding hydrogens is 173 g/mol. The molecule has 0 atom stereocenters. The Balaban J connectivity index is 0.000000720. The number of hydrogen-bond acceptors (Lipinski definition) is 1. The molecular formula is C10H10KN. The van der Waals surface area contributed by atoms with Crippen LogP contribution in [0.1, 0.15) is 0 Å². The van der Waals surface area contributed by atoms with E-state index in [4.69, 9.17) is 5.73 Å². The Morgan fingerprint density at radius 2 is 1.50 bits per heavy atom. The van der Waals surface area contributed by atoms with Crippen LogP contribution in [0.4, 0.5) is 5.69 Å². The van der Waals surface area contributed by atoms with Gasteiger partial charge in [-0.25, -0.2) is 0 Å². The summed E-state index contributed by atoms with van der Waals surface area (Å²) in [4.78, 5) is 0. The minimum atomic E-state index is 0. The summed E-state index contributed by atoms with van der Waals surface area (Å²) in [5.74, 6) is 0. The number of rotatable bonds is 0. The molecule has 2 rings (SSSR count). The Bertz CT molecular complexity index is 384. The Labute approximate surface area is 114 Å². The molecule has 0 spiro atoms. The molecule has 0 radical (unpaired) electrons. The van der Waals surface area contributed by atoms with Crippen LogP contribution in [0, 0.1) is 0 Å². The van der Waals surface area contributed by atoms with Crippen molar-refractivity contribution in [3.05, 3.63) is 42.5 Å². The molecule has 1 nitrogen and oxygen atoms in total. The van der Waals surface area contributed by atoms with E-state index in [-0.39, 0.29) is 51.4 Å². The van der Waals surface area contributed by atoms with Crippen LogP contribution < -0.4 is 5.73 Å². The van der Waals surface area contributed by atoms with E-state index >= 15 is 0 Å². The van der Waals surface area contributed by atoms with Crippen LogP contribution in [-0.4, -0.2) is 51.4 Å². The minimum absolute atomic E-state index is 0. The van der Waals surface area contributed by atoms with Crippen LogP contribution in [-0.2, 0) is 0 Å². The van der Waals surface area contributed by atoms with Crippen LogP contribution in [0.2, 0.25) is 0 Å². The summed E-state index contributed by atoms with van der Waals surface area (Å²) in [7, 11) is 0. The van der Waals surface area contributed by atoms with Gasteiger partial charge in [0, 0.05) is 5.69 Å². The van der Waals surface area contributed by atoms with E-state index in [0.29, 0.717) is 0 Å². The zero-order valence-electron chi connectivity index (χ0n) is 6.12. The summed E-state index contributed by atoms with van der Waals surface area (Å²) in [5.41, 5.74) is 6.45. The fourth-order valence-corrected chi connectivity index (χ4v) is 1.21. The third kappa shape index (κ3) is 2.09. The van der Waals surface area contributed by atoms with Crippen molar-refractivity contribution >= 4 is 67.8 Å². The molecule has 0 aliphatic rings. The SMILES string of the molecule is Nc1ccc2ccccc2c1.[KH]. The maximum atomic E-state index is 5.62. The second kappa shape index (κ2) is 4.39. The maximum absolute atomic E-state index is 5.62. The molecule has 0 amide bonds. The number of nitrogens with two attached hydrogens (primary N) is 1. The van der Waals surface area contributed by atoms with E-state index < -0.39 is 0 Å². The molecule has 56 valence electrons. The monoisotopic (exact) mass is 183 g/mol. The van der Waals surface area contributed by atoms with E-state index in [1.165, 1.54) is 10.8 Å². The summed E-state index contributed by atoms with van der Waals surface area (Å²) in [6, 6.07) is 14.1. The molecule has 0 aliphatic carbocycles. The third-order valence-corrected chi connectivity index (χ3v) is 1.77. The predicted octanol–water partition coefficient (Wildman–Crippen LogP) is 1.77. The summed E-state index contributed by atoms with van der Waals surface area (Å²) < 4.78 is 0. The normalized spacial score (nSPS) is 9.33. The van der Waals surface area contributed by atoms with Crippen molar-refractivity contribution < 1.29 is 0 Å². The molecule has 2 heteroatoms. The Morgan fingerprint density at radius 1 is 0.833 bits per heavy atom. The fourth-order valence-electron chi connectivity index (χ4n) is 1.21. The Hall–Kier alpha value is 0.136. The Kier molecular flexibility index (Phi) is 3.74. The van der Waals surface area contributed by atoms with Gasteiger partial charge in [0.2, 0.25) is 0 Å². The van der Waals surface area contributed by atoms with Gasteiger partial charge < -0.3 is 5.73 Å². The molecule has 0 fully saturated rings. The molecule has 2 aromatic carbocycles. The van der Waals surface area contributed by atoms with Crippen molar-refractivity contribution in [3.63, 3.8) is 0 Å². The number of nitrogen functional groups attached to an aromatic ring is 1. The molecule has 0 saturated carbocycles. The van der Waals surface area contributed by atoms with Crippen molar-refractivity contribution in [2.24, 2.45) is 0 Å². The second-order valence-corrected chi connectivity index (χ2v) is 2.61. The van der Waals surface area contributed by atoms with Crippen LogP contribution in [0.15, 0.2) is 42.5 Å². The first kappa shape index (κ1) is 10.2. The summed E-state index contributed by atoms with van der Waals surface area (Å²) >= 11 is 0. The fraction of sp³-hybridized carbons (Fsp3) is 0. The number of fused-ring (bicyclic) bond motifs is 1. The van der Waals surface area contributed by atoms with E-state index in [0.717, 1.165) is 5.69 Å². The molecule has 0 unspecified atom stereocenters. The summed E-state index contributed by atoms with van der Waals surface area (Å²) in [6.45, 7) is 0. The zero-order valence-corrected chi connectivity index (χ0v) is 6.12. The Morgan fingerprint density at radius 3 is 2.25 bits per heavy atom. The molecule has 0 saturated heterocycles. The molecule has 0 heterocycles.